The molecule has 1 aromatic rings. The van der Waals surface area contributed by atoms with E-state index in [1.807, 2.05) is 19.2 Å². The van der Waals surface area contributed by atoms with Gasteiger partial charge < -0.3 is 5.32 Å². The fourth-order valence-corrected chi connectivity index (χ4v) is 3.10. The van der Waals surface area contributed by atoms with Crippen molar-refractivity contribution in [1.82, 2.24) is 5.32 Å². The summed E-state index contributed by atoms with van der Waals surface area (Å²) in [5, 5.41) is 4.17. The van der Waals surface area contributed by atoms with Gasteiger partial charge in [-0.05, 0) is 43.1 Å². The van der Waals surface area contributed by atoms with Crippen molar-refractivity contribution < 1.29 is 0 Å². The van der Waals surface area contributed by atoms with Crippen LogP contribution < -0.4 is 5.32 Å². The molecule has 2 unspecified atom stereocenters. The standard InChI is InChI=1S/C14H21BrClN/c1-4-5-10(2)6-14(17-3)11-7-12(15)9-13(16)8-11/h7-10,14,17H,4-6H2,1-3H3. The molecular formula is C14H21BrClN. The van der Waals surface area contributed by atoms with Crippen LogP contribution in [0.5, 0.6) is 0 Å². The lowest BCUT2D eigenvalue weighted by molar-refractivity contribution is 0.407. The zero-order valence-corrected chi connectivity index (χ0v) is 13.1. The summed E-state index contributed by atoms with van der Waals surface area (Å²) in [6.45, 7) is 4.55. The van der Waals surface area contributed by atoms with Crippen molar-refractivity contribution in [2.45, 2.75) is 39.2 Å². The molecule has 0 fully saturated rings. The third kappa shape index (κ3) is 4.99. The molecule has 0 aromatic heterocycles. The minimum Gasteiger partial charge on any atom is -0.313 e. The Morgan fingerprint density at radius 3 is 2.59 bits per heavy atom. The van der Waals surface area contributed by atoms with E-state index in [2.05, 4.69) is 41.2 Å². The highest BCUT2D eigenvalue weighted by molar-refractivity contribution is 9.10. The zero-order chi connectivity index (χ0) is 12.8. The predicted octanol–water partition coefficient (Wildman–Crippen LogP) is 5.19. The molecule has 0 amide bonds. The van der Waals surface area contributed by atoms with Crippen molar-refractivity contribution in [2.24, 2.45) is 5.92 Å². The van der Waals surface area contributed by atoms with Crippen LogP contribution in [0.15, 0.2) is 22.7 Å². The second kappa shape index (κ2) is 7.40. The number of hydrogen-bond donors (Lipinski definition) is 1. The van der Waals surface area contributed by atoms with E-state index in [0.29, 0.717) is 6.04 Å². The van der Waals surface area contributed by atoms with Crippen LogP contribution in [-0.4, -0.2) is 7.05 Å². The van der Waals surface area contributed by atoms with Crippen LogP contribution in [-0.2, 0) is 0 Å². The van der Waals surface area contributed by atoms with E-state index < -0.39 is 0 Å². The summed E-state index contributed by atoms with van der Waals surface area (Å²) in [6.07, 6.45) is 3.67. The van der Waals surface area contributed by atoms with Gasteiger partial charge in [-0.3, -0.25) is 0 Å². The minimum atomic E-state index is 0.381. The van der Waals surface area contributed by atoms with Crippen LogP contribution in [0.25, 0.3) is 0 Å². The van der Waals surface area contributed by atoms with Crippen LogP contribution in [0, 0.1) is 5.92 Å². The molecule has 1 aromatic carbocycles. The number of nitrogens with one attached hydrogen (secondary N) is 1. The van der Waals surface area contributed by atoms with Gasteiger partial charge in [0, 0.05) is 15.5 Å². The first-order valence-electron chi connectivity index (χ1n) is 6.20. The molecule has 0 spiro atoms. The van der Waals surface area contributed by atoms with E-state index in [1.165, 1.54) is 18.4 Å². The van der Waals surface area contributed by atoms with E-state index >= 15 is 0 Å². The van der Waals surface area contributed by atoms with Crippen molar-refractivity contribution in [3.8, 4) is 0 Å². The lowest BCUT2D eigenvalue weighted by atomic mass is 9.93. The molecular weight excluding hydrogens is 298 g/mol. The Bertz CT molecular complexity index is 334. The monoisotopic (exact) mass is 317 g/mol. The molecule has 0 heterocycles. The molecule has 0 saturated carbocycles. The van der Waals surface area contributed by atoms with Gasteiger partial charge in [-0.15, -0.1) is 0 Å². The molecule has 0 bridgehead atoms. The smallest absolute Gasteiger partial charge is 0.0420 e. The van der Waals surface area contributed by atoms with Gasteiger partial charge >= 0.3 is 0 Å². The molecule has 0 aliphatic carbocycles. The first kappa shape index (κ1) is 15.0. The number of benzene rings is 1. The normalized spacial score (nSPS) is 14.6. The van der Waals surface area contributed by atoms with Crippen molar-refractivity contribution >= 4 is 27.5 Å². The van der Waals surface area contributed by atoms with Crippen molar-refractivity contribution in [3.05, 3.63) is 33.3 Å². The molecule has 1 N–H and O–H groups in total. The highest BCUT2D eigenvalue weighted by Crippen LogP contribution is 2.28. The molecule has 1 nitrogen and oxygen atoms in total. The Labute approximate surface area is 118 Å². The van der Waals surface area contributed by atoms with Crippen LogP contribution in [0.3, 0.4) is 0 Å². The number of halogens is 2. The maximum Gasteiger partial charge on any atom is 0.0420 e. The Morgan fingerprint density at radius 1 is 1.35 bits per heavy atom. The lowest BCUT2D eigenvalue weighted by Crippen LogP contribution is -2.19. The maximum absolute atomic E-state index is 6.09. The summed E-state index contributed by atoms with van der Waals surface area (Å²) in [4.78, 5) is 0. The van der Waals surface area contributed by atoms with Crippen LogP contribution in [0.1, 0.15) is 44.7 Å². The summed E-state index contributed by atoms with van der Waals surface area (Å²) < 4.78 is 1.04. The summed E-state index contributed by atoms with van der Waals surface area (Å²) in [6, 6.07) is 6.50. The highest BCUT2D eigenvalue weighted by atomic mass is 79.9. The maximum atomic E-state index is 6.09. The molecule has 0 radical (unpaired) electrons. The Hall–Kier alpha value is -0.0500. The first-order valence-corrected chi connectivity index (χ1v) is 7.37. The molecule has 0 aliphatic heterocycles. The Kier molecular flexibility index (Phi) is 6.53. The summed E-state index contributed by atoms with van der Waals surface area (Å²) in [5.74, 6) is 0.732. The first-order chi connectivity index (χ1) is 8.06. The van der Waals surface area contributed by atoms with Gasteiger partial charge in [0.25, 0.3) is 0 Å². The van der Waals surface area contributed by atoms with Gasteiger partial charge in [-0.25, -0.2) is 0 Å². The van der Waals surface area contributed by atoms with Gasteiger partial charge in [0.2, 0.25) is 0 Å². The van der Waals surface area contributed by atoms with Crippen LogP contribution in [0.2, 0.25) is 5.02 Å². The average Bonchev–Trinajstić information content (AvgIpc) is 2.24. The van der Waals surface area contributed by atoms with Crippen molar-refractivity contribution in [2.75, 3.05) is 7.05 Å². The van der Waals surface area contributed by atoms with Gasteiger partial charge in [-0.1, -0.05) is 54.2 Å². The fourth-order valence-electron chi connectivity index (χ4n) is 2.21. The van der Waals surface area contributed by atoms with Gasteiger partial charge in [0.15, 0.2) is 0 Å². The fraction of sp³-hybridized carbons (Fsp3) is 0.571. The Morgan fingerprint density at radius 2 is 2.06 bits per heavy atom. The topological polar surface area (TPSA) is 12.0 Å². The summed E-state index contributed by atoms with van der Waals surface area (Å²) in [5.41, 5.74) is 1.26. The van der Waals surface area contributed by atoms with Crippen molar-refractivity contribution in [1.29, 1.82) is 0 Å². The zero-order valence-electron chi connectivity index (χ0n) is 10.8. The van der Waals surface area contributed by atoms with E-state index in [-0.39, 0.29) is 0 Å². The molecule has 0 saturated heterocycles. The molecule has 3 heteroatoms. The average molecular weight is 319 g/mol. The van der Waals surface area contributed by atoms with Gasteiger partial charge in [0.05, 0.1) is 0 Å². The van der Waals surface area contributed by atoms with E-state index in [1.54, 1.807) is 0 Å². The largest absolute Gasteiger partial charge is 0.313 e. The third-order valence-electron chi connectivity index (χ3n) is 3.06. The van der Waals surface area contributed by atoms with E-state index in [9.17, 15) is 0 Å². The van der Waals surface area contributed by atoms with Crippen LogP contribution in [0.4, 0.5) is 0 Å². The molecule has 2 atom stereocenters. The predicted molar refractivity (Wildman–Crippen MR) is 79.6 cm³/mol. The highest BCUT2D eigenvalue weighted by Gasteiger charge is 2.14. The van der Waals surface area contributed by atoms with Crippen LogP contribution >= 0.6 is 27.5 Å². The lowest BCUT2D eigenvalue weighted by Gasteiger charge is -2.21. The summed E-state index contributed by atoms with van der Waals surface area (Å²) >= 11 is 9.59. The second-order valence-electron chi connectivity index (χ2n) is 4.67. The minimum absolute atomic E-state index is 0.381. The van der Waals surface area contributed by atoms with E-state index in [0.717, 1.165) is 21.8 Å². The molecule has 17 heavy (non-hydrogen) atoms. The molecule has 96 valence electrons. The molecule has 0 aliphatic rings. The molecule has 1 rings (SSSR count). The van der Waals surface area contributed by atoms with Crippen molar-refractivity contribution in [3.63, 3.8) is 0 Å². The van der Waals surface area contributed by atoms with Gasteiger partial charge in [0.1, 0.15) is 0 Å². The SMILES string of the molecule is CCCC(C)CC(NC)c1cc(Cl)cc(Br)c1. The number of hydrogen-bond acceptors (Lipinski definition) is 1. The van der Waals surface area contributed by atoms with Gasteiger partial charge in [-0.2, -0.15) is 0 Å². The number of rotatable bonds is 6. The second-order valence-corrected chi connectivity index (χ2v) is 6.03. The Balaban J connectivity index is 2.78. The third-order valence-corrected chi connectivity index (χ3v) is 3.73. The summed E-state index contributed by atoms with van der Waals surface area (Å²) in [7, 11) is 2.01. The quantitative estimate of drug-likeness (QED) is 0.761. The van der Waals surface area contributed by atoms with E-state index in [4.69, 9.17) is 11.6 Å².